The average Bonchev–Trinajstić information content (AvgIpc) is 3.17. The zero-order valence-electron chi connectivity index (χ0n) is 11.0. The molecule has 1 aliphatic carbocycles. The molecule has 1 aromatic carbocycles. The summed E-state index contributed by atoms with van der Waals surface area (Å²) in [6, 6.07) is 6.29. The van der Waals surface area contributed by atoms with Gasteiger partial charge in [0.2, 0.25) is 0 Å². The summed E-state index contributed by atoms with van der Waals surface area (Å²) in [5.41, 5.74) is 0.314. The van der Waals surface area contributed by atoms with Crippen LogP contribution in [0.3, 0.4) is 0 Å². The standard InChI is InChI=1S/C14H15F3INO/c1-9(10-5-6-10)19(8-14(15,16)17)13(20)11-3-2-4-12(18)7-11/h2-4,7,9-10H,5-6,8H2,1H3. The summed E-state index contributed by atoms with van der Waals surface area (Å²) in [4.78, 5) is 13.3. The Kier molecular flexibility index (Phi) is 4.61. The first-order valence-corrected chi connectivity index (χ1v) is 7.49. The van der Waals surface area contributed by atoms with E-state index in [2.05, 4.69) is 0 Å². The van der Waals surface area contributed by atoms with Gasteiger partial charge in [-0.25, -0.2) is 0 Å². The zero-order chi connectivity index (χ0) is 14.9. The first kappa shape index (κ1) is 15.6. The molecule has 0 radical (unpaired) electrons. The van der Waals surface area contributed by atoms with E-state index >= 15 is 0 Å². The lowest BCUT2D eigenvalue weighted by Gasteiger charge is -2.30. The van der Waals surface area contributed by atoms with E-state index in [0.717, 1.165) is 21.3 Å². The molecule has 0 N–H and O–H groups in total. The van der Waals surface area contributed by atoms with Crippen molar-refractivity contribution in [3.8, 4) is 0 Å². The van der Waals surface area contributed by atoms with Gasteiger partial charge in [-0.15, -0.1) is 0 Å². The number of halogens is 4. The monoisotopic (exact) mass is 397 g/mol. The molecule has 0 aliphatic heterocycles. The smallest absolute Gasteiger partial charge is 0.327 e. The molecule has 1 aromatic rings. The van der Waals surface area contributed by atoms with Gasteiger partial charge in [0.15, 0.2) is 0 Å². The third kappa shape index (κ3) is 4.10. The Bertz CT molecular complexity index is 499. The Hall–Kier alpha value is -0.790. The second-order valence-electron chi connectivity index (χ2n) is 5.14. The molecule has 0 saturated heterocycles. The van der Waals surface area contributed by atoms with Gasteiger partial charge in [0.05, 0.1) is 0 Å². The normalized spacial score (nSPS) is 16.9. The molecule has 0 bridgehead atoms. The fourth-order valence-corrected chi connectivity index (χ4v) is 2.76. The predicted octanol–water partition coefficient (Wildman–Crippen LogP) is 4.09. The minimum Gasteiger partial charge on any atom is -0.327 e. The highest BCUT2D eigenvalue weighted by atomic mass is 127. The van der Waals surface area contributed by atoms with Crippen LogP contribution in [0.15, 0.2) is 24.3 Å². The Labute approximate surface area is 129 Å². The Morgan fingerprint density at radius 3 is 2.60 bits per heavy atom. The molecule has 1 saturated carbocycles. The molecular formula is C14H15F3INO. The first-order valence-electron chi connectivity index (χ1n) is 6.41. The summed E-state index contributed by atoms with van der Waals surface area (Å²) in [5.74, 6) is -0.343. The second-order valence-corrected chi connectivity index (χ2v) is 6.38. The van der Waals surface area contributed by atoms with Gasteiger partial charge in [0.25, 0.3) is 5.91 Å². The molecule has 1 amide bonds. The fourth-order valence-electron chi connectivity index (χ4n) is 2.21. The maximum absolute atomic E-state index is 12.7. The van der Waals surface area contributed by atoms with Crippen molar-refractivity contribution in [1.82, 2.24) is 4.90 Å². The molecule has 1 aliphatic rings. The third-order valence-corrected chi connectivity index (χ3v) is 4.15. The number of benzene rings is 1. The Morgan fingerprint density at radius 1 is 1.45 bits per heavy atom. The van der Waals surface area contributed by atoms with Crippen LogP contribution in [0.25, 0.3) is 0 Å². The summed E-state index contributed by atoms with van der Waals surface area (Å²) in [5, 5.41) is 0. The van der Waals surface area contributed by atoms with Crippen molar-refractivity contribution in [2.45, 2.75) is 32.0 Å². The van der Waals surface area contributed by atoms with Gasteiger partial charge in [-0.2, -0.15) is 13.2 Å². The van der Waals surface area contributed by atoms with Crippen LogP contribution in [0.1, 0.15) is 30.1 Å². The fraction of sp³-hybridized carbons (Fsp3) is 0.500. The second kappa shape index (κ2) is 5.91. The van der Waals surface area contributed by atoms with Crippen LogP contribution in [-0.2, 0) is 0 Å². The third-order valence-electron chi connectivity index (χ3n) is 3.48. The van der Waals surface area contributed by atoms with Crippen LogP contribution in [0, 0.1) is 9.49 Å². The van der Waals surface area contributed by atoms with Crippen molar-refractivity contribution in [2.24, 2.45) is 5.92 Å². The molecule has 2 rings (SSSR count). The van der Waals surface area contributed by atoms with Crippen molar-refractivity contribution in [3.05, 3.63) is 33.4 Å². The molecule has 6 heteroatoms. The zero-order valence-corrected chi connectivity index (χ0v) is 13.1. The molecule has 1 fully saturated rings. The van der Waals surface area contributed by atoms with E-state index in [-0.39, 0.29) is 12.0 Å². The number of amides is 1. The van der Waals surface area contributed by atoms with E-state index in [0.29, 0.717) is 5.56 Å². The van der Waals surface area contributed by atoms with E-state index in [4.69, 9.17) is 0 Å². The van der Waals surface area contributed by atoms with Crippen LogP contribution >= 0.6 is 22.6 Å². The largest absolute Gasteiger partial charge is 0.406 e. The Morgan fingerprint density at radius 2 is 2.10 bits per heavy atom. The van der Waals surface area contributed by atoms with E-state index in [1.54, 1.807) is 31.2 Å². The highest BCUT2D eigenvalue weighted by Gasteiger charge is 2.40. The van der Waals surface area contributed by atoms with Gasteiger partial charge in [0.1, 0.15) is 6.54 Å². The minimum absolute atomic E-state index is 0.198. The summed E-state index contributed by atoms with van der Waals surface area (Å²) in [6.45, 7) is 0.518. The Balaban J connectivity index is 2.23. The van der Waals surface area contributed by atoms with Crippen LogP contribution < -0.4 is 0 Å². The topological polar surface area (TPSA) is 20.3 Å². The molecular weight excluding hydrogens is 382 g/mol. The van der Waals surface area contributed by atoms with E-state index in [9.17, 15) is 18.0 Å². The van der Waals surface area contributed by atoms with Crippen LogP contribution in [0.2, 0.25) is 0 Å². The molecule has 110 valence electrons. The molecule has 0 spiro atoms. The van der Waals surface area contributed by atoms with Crippen LogP contribution in [-0.4, -0.2) is 29.6 Å². The van der Waals surface area contributed by atoms with Crippen LogP contribution in [0.5, 0.6) is 0 Å². The molecule has 20 heavy (non-hydrogen) atoms. The first-order chi connectivity index (χ1) is 9.28. The number of rotatable bonds is 4. The SMILES string of the molecule is CC(C1CC1)N(CC(F)(F)F)C(=O)c1cccc(I)c1. The van der Waals surface area contributed by atoms with Gasteiger partial charge < -0.3 is 4.90 Å². The van der Waals surface area contributed by atoms with Crippen molar-refractivity contribution in [1.29, 1.82) is 0 Å². The van der Waals surface area contributed by atoms with Gasteiger partial charge in [0, 0.05) is 15.2 Å². The molecule has 2 nitrogen and oxygen atoms in total. The minimum atomic E-state index is -4.37. The lowest BCUT2D eigenvalue weighted by Crippen LogP contribution is -2.45. The molecule has 1 atom stereocenters. The number of hydrogen-bond acceptors (Lipinski definition) is 1. The summed E-state index contributed by atoms with van der Waals surface area (Å²) >= 11 is 2.04. The van der Waals surface area contributed by atoms with Gasteiger partial charge >= 0.3 is 6.18 Å². The quantitative estimate of drug-likeness (QED) is 0.701. The number of hydrogen-bond donors (Lipinski definition) is 0. The highest BCUT2D eigenvalue weighted by Crippen LogP contribution is 2.36. The molecule has 1 unspecified atom stereocenters. The number of carbonyl (C=O) groups is 1. The summed E-state index contributed by atoms with van der Waals surface area (Å²) in [7, 11) is 0. The maximum atomic E-state index is 12.7. The average molecular weight is 397 g/mol. The number of nitrogens with zero attached hydrogens (tertiary/aromatic N) is 1. The van der Waals surface area contributed by atoms with E-state index < -0.39 is 18.6 Å². The van der Waals surface area contributed by atoms with Crippen molar-refractivity contribution < 1.29 is 18.0 Å². The van der Waals surface area contributed by atoms with Gasteiger partial charge in [-0.1, -0.05) is 6.07 Å². The van der Waals surface area contributed by atoms with E-state index in [1.807, 2.05) is 22.6 Å². The highest BCUT2D eigenvalue weighted by molar-refractivity contribution is 14.1. The number of alkyl halides is 3. The van der Waals surface area contributed by atoms with E-state index in [1.165, 1.54) is 0 Å². The lowest BCUT2D eigenvalue weighted by molar-refractivity contribution is -0.144. The van der Waals surface area contributed by atoms with Gasteiger partial charge in [-0.3, -0.25) is 4.79 Å². The van der Waals surface area contributed by atoms with Crippen molar-refractivity contribution in [2.75, 3.05) is 6.54 Å². The molecule has 0 heterocycles. The van der Waals surface area contributed by atoms with Crippen molar-refractivity contribution >= 4 is 28.5 Å². The van der Waals surface area contributed by atoms with Crippen LogP contribution in [0.4, 0.5) is 13.2 Å². The van der Waals surface area contributed by atoms with Crippen molar-refractivity contribution in [3.63, 3.8) is 0 Å². The lowest BCUT2D eigenvalue weighted by atomic mass is 10.1. The molecule has 0 aromatic heterocycles. The number of carbonyl (C=O) groups excluding carboxylic acids is 1. The summed E-state index contributed by atoms with van der Waals surface area (Å²) < 4.78 is 39.0. The maximum Gasteiger partial charge on any atom is 0.406 e. The van der Waals surface area contributed by atoms with Gasteiger partial charge in [-0.05, 0) is 66.5 Å². The predicted molar refractivity (Wildman–Crippen MR) is 78.4 cm³/mol. The summed E-state index contributed by atoms with van der Waals surface area (Å²) in [6.07, 6.45) is -2.58.